The van der Waals surface area contributed by atoms with E-state index in [9.17, 15) is 18.0 Å². The van der Waals surface area contributed by atoms with E-state index in [1.54, 1.807) is 18.2 Å². The Labute approximate surface area is 222 Å². The third kappa shape index (κ3) is 6.76. The highest BCUT2D eigenvalue weighted by Gasteiger charge is 2.33. The minimum atomic E-state index is -4.37. The molecular weight excluding hydrogens is 489 g/mol. The van der Waals surface area contributed by atoms with Crippen molar-refractivity contribution >= 4 is 5.91 Å². The minimum absolute atomic E-state index is 0.172. The van der Waals surface area contributed by atoms with Crippen LogP contribution in [0.4, 0.5) is 13.2 Å². The summed E-state index contributed by atoms with van der Waals surface area (Å²) in [6, 6.07) is 20.9. The first kappa shape index (κ1) is 27.7. The normalized spacial score (nSPS) is 16.7. The molecule has 0 bridgehead atoms. The van der Waals surface area contributed by atoms with Gasteiger partial charge in [-0.25, -0.2) is 0 Å². The fraction of sp³-hybridized carbons (Fsp3) is 0.387. The number of amides is 1. The summed E-state index contributed by atoms with van der Waals surface area (Å²) in [7, 11) is 0. The predicted molar refractivity (Wildman–Crippen MR) is 143 cm³/mol. The van der Waals surface area contributed by atoms with Crippen LogP contribution >= 0.6 is 0 Å². The van der Waals surface area contributed by atoms with Gasteiger partial charge in [-0.1, -0.05) is 48.5 Å². The lowest BCUT2D eigenvalue weighted by Crippen LogP contribution is -2.42. The minimum Gasteiger partial charge on any atom is -0.485 e. The Morgan fingerprint density at radius 3 is 2.26 bits per heavy atom. The molecule has 0 aliphatic carbocycles. The lowest BCUT2D eigenvalue weighted by molar-refractivity contribution is -0.137. The average Bonchev–Trinajstić information content (AvgIpc) is 2.91. The lowest BCUT2D eigenvalue weighted by atomic mass is 9.86. The number of para-hydroxylation sites is 1. The predicted octanol–water partition coefficient (Wildman–Crippen LogP) is 6.97. The van der Waals surface area contributed by atoms with Gasteiger partial charge in [-0.05, 0) is 93.6 Å². The molecule has 1 aliphatic heterocycles. The van der Waals surface area contributed by atoms with Crippen molar-refractivity contribution in [1.29, 1.82) is 0 Å². The van der Waals surface area contributed by atoms with Gasteiger partial charge in [-0.3, -0.25) is 4.79 Å². The number of benzene rings is 3. The summed E-state index contributed by atoms with van der Waals surface area (Å²) < 4.78 is 46.0. The third-order valence-electron chi connectivity index (χ3n) is 7.65. The second-order valence-corrected chi connectivity index (χ2v) is 10.2. The van der Waals surface area contributed by atoms with Crippen LogP contribution in [-0.4, -0.2) is 29.9 Å². The number of piperidine rings is 1. The molecule has 202 valence electrons. The van der Waals surface area contributed by atoms with Gasteiger partial charge >= 0.3 is 6.18 Å². The molecule has 0 aromatic heterocycles. The molecule has 1 aliphatic rings. The molecule has 3 aromatic rings. The molecule has 3 aromatic carbocycles. The van der Waals surface area contributed by atoms with Gasteiger partial charge in [0.25, 0.3) is 0 Å². The van der Waals surface area contributed by atoms with Gasteiger partial charge in [0.1, 0.15) is 11.9 Å². The first-order chi connectivity index (χ1) is 18.1. The summed E-state index contributed by atoms with van der Waals surface area (Å²) in [6.07, 6.45) is -1.29. The van der Waals surface area contributed by atoms with E-state index in [-0.39, 0.29) is 12.0 Å². The number of alkyl halides is 3. The van der Waals surface area contributed by atoms with E-state index in [0.717, 1.165) is 73.3 Å². The summed E-state index contributed by atoms with van der Waals surface area (Å²) in [5, 5.41) is 0. The fourth-order valence-electron chi connectivity index (χ4n) is 5.31. The number of ether oxygens (including phenoxy) is 1. The van der Waals surface area contributed by atoms with E-state index in [1.807, 2.05) is 49.4 Å². The molecule has 0 spiro atoms. The largest absolute Gasteiger partial charge is 0.485 e. The van der Waals surface area contributed by atoms with Crippen molar-refractivity contribution in [2.75, 3.05) is 13.1 Å². The van der Waals surface area contributed by atoms with Crippen molar-refractivity contribution in [1.82, 2.24) is 4.90 Å². The van der Waals surface area contributed by atoms with Crippen molar-refractivity contribution in [3.05, 3.63) is 101 Å². The van der Waals surface area contributed by atoms with Crippen LogP contribution in [0.25, 0.3) is 0 Å². The molecular formula is C31H35F3N2O2. The number of likely N-dealkylation sites (tertiary alicyclic amines) is 1. The molecule has 38 heavy (non-hydrogen) atoms. The first-order valence-electron chi connectivity index (χ1n) is 13.1. The molecule has 0 radical (unpaired) electrons. The van der Waals surface area contributed by atoms with Crippen LogP contribution in [-0.2, 0) is 12.6 Å². The Bertz CT molecular complexity index is 1220. The molecule has 0 saturated carbocycles. The SMILES string of the molecule is Cc1ccccc1OC(c1ccc(C(F)(F)F)cc1)C1CCN(C(C)CCc2ccccc2C(N)=O)CC1. The average molecular weight is 525 g/mol. The van der Waals surface area contributed by atoms with Crippen LogP contribution in [0.5, 0.6) is 5.75 Å². The maximum atomic E-state index is 13.2. The van der Waals surface area contributed by atoms with Gasteiger partial charge in [0, 0.05) is 17.5 Å². The van der Waals surface area contributed by atoms with Crippen molar-refractivity contribution in [3.8, 4) is 5.75 Å². The molecule has 4 rings (SSSR count). The number of rotatable bonds is 9. The number of carbonyl (C=O) groups excluding carboxylic acids is 1. The highest BCUT2D eigenvalue weighted by molar-refractivity contribution is 5.94. The topological polar surface area (TPSA) is 55.6 Å². The van der Waals surface area contributed by atoms with Crippen molar-refractivity contribution in [2.45, 2.75) is 57.9 Å². The first-order valence-corrected chi connectivity index (χ1v) is 13.1. The highest BCUT2D eigenvalue weighted by atomic mass is 19.4. The zero-order valence-corrected chi connectivity index (χ0v) is 21.9. The Morgan fingerprint density at radius 2 is 1.63 bits per heavy atom. The van der Waals surface area contributed by atoms with E-state index >= 15 is 0 Å². The Balaban J connectivity index is 1.44. The lowest BCUT2D eigenvalue weighted by Gasteiger charge is -2.39. The second-order valence-electron chi connectivity index (χ2n) is 10.2. The molecule has 1 amide bonds. The van der Waals surface area contributed by atoms with Crippen LogP contribution in [0.1, 0.15) is 64.9 Å². The van der Waals surface area contributed by atoms with Gasteiger partial charge in [0.05, 0.1) is 5.56 Å². The fourth-order valence-corrected chi connectivity index (χ4v) is 5.31. The molecule has 4 nitrogen and oxygen atoms in total. The third-order valence-corrected chi connectivity index (χ3v) is 7.65. The van der Waals surface area contributed by atoms with Crippen LogP contribution < -0.4 is 10.5 Å². The van der Waals surface area contributed by atoms with Crippen molar-refractivity contribution in [3.63, 3.8) is 0 Å². The molecule has 2 N–H and O–H groups in total. The standard InChI is InChI=1S/C31H35F3N2O2/c1-21-7-3-6-10-28(21)38-29(24-13-15-26(16-14-24)31(32,33)34)25-17-19-36(20-18-25)22(2)11-12-23-8-4-5-9-27(23)30(35)37/h3-10,13-16,22,25,29H,11-12,17-20H2,1-2H3,(H2,35,37). The number of hydrogen-bond acceptors (Lipinski definition) is 3. The van der Waals surface area contributed by atoms with Gasteiger partial charge in [0.15, 0.2) is 0 Å². The number of aryl methyl sites for hydroxylation is 2. The number of nitrogens with two attached hydrogens (primary N) is 1. The van der Waals surface area contributed by atoms with Gasteiger partial charge < -0.3 is 15.4 Å². The van der Waals surface area contributed by atoms with Gasteiger partial charge in [0.2, 0.25) is 5.91 Å². The summed E-state index contributed by atoms with van der Waals surface area (Å²) in [6.45, 7) is 5.92. The van der Waals surface area contributed by atoms with Crippen LogP contribution in [0.2, 0.25) is 0 Å². The van der Waals surface area contributed by atoms with E-state index in [0.29, 0.717) is 11.6 Å². The zero-order chi connectivity index (χ0) is 27.3. The Morgan fingerprint density at radius 1 is 1.00 bits per heavy atom. The van der Waals surface area contributed by atoms with E-state index < -0.39 is 17.6 Å². The van der Waals surface area contributed by atoms with Gasteiger partial charge in [-0.2, -0.15) is 13.2 Å². The Kier molecular flexibility index (Phi) is 8.77. The number of hydrogen-bond donors (Lipinski definition) is 1. The van der Waals surface area contributed by atoms with Crippen LogP contribution in [0.15, 0.2) is 72.8 Å². The van der Waals surface area contributed by atoms with Gasteiger partial charge in [-0.15, -0.1) is 0 Å². The van der Waals surface area contributed by atoms with Crippen LogP contribution in [0.3, 0.4) is 0 Å². The van der Waals surface area contributed by atoms with E-state index in [1.165, 1.54) is 0 Å². The number of halogens is 3. The smallest absolute Gasteiger partial charge is 0.416 e. The Hall–Kier alpha value is -3.32. The maximum Gasteiger partial charge on any atom is 0.416 e. The molecule has 2 atom stereocenters. The zero-order valence-electron chi connectivity index (χ0n) is 21.9. The molecule has 2 unspecified atom stereocenters. The number of carbonyl (C=O) groups is 1. The number of nitrogens with zero attached hydrogens (tertiary/aromatic N) is 1. The van der Waals surface area contributed by atoms with Crippen LogP contribution in [0, 0.1) is 12.8 Å². The molecule has 7 heteroatoms. The summed E-state index contributed by atoms with van der Waals surface area (Å²) in [5.41, 5.74) is 8.17. The quantitative estimate of drug-likeness (QED) is 0.329. The molecule has 1 heterocycles. The molecule has 1 fully saturated rings. The maximum absolute atomic E-state index is 13.2. The summed E-state index contributed by atoms with van der Waals surface area (Å²) in [4.78, 5) is 14.2. The van der Waals surface area contributed by atoms with E-state index in [4.69, 9.17) is 10.5 Å². The van der Waals surface area contributed by atoms with E-state index in [2.05, 4.69) is 11.8 Å². The summed E-state index contributed by atoms with van der Waals surface area (Å²) in [5.74, 6) is 0.517. The van der Waals surface area contributed by atoms with Crippen molar-refractivity contribution < 1.29 is 22.7 Å². The highest BCUT2D eigenvalue weighted by Crippen LogP contribution is 2.38. The molecule has 1 saturated heterocycles. The number of primary amides is 1. The summed E-state index contributed by atoms with van der Waals surface area (Å²) >= 11 is 0. The monoisotopic (exact) mass is 524 g/mol. The van der Waals surface area contributed by atoms with Crippen molar-refractivity contribution in [2.24, 2.45) is 11.7 Å². The second kappa shape index (κ2) is 12.0.